The van der Waals surface area contributed by atoms with Crippen LogP contribution < -0.4 is 0 Å². The molecule has 0 aliphatic heterocycles. The van der Waals surface area contributed by atoms with Gasteiger partial charge in [-0.3, -0.25) is 10.1 Å². The first-order valence-corrected chi connectivity index (χ1v) is 5.69. The van der Waals surface area contributed by atoms with Crippen LogP contribution in [0.1, 0.15) is 23.7 Å². The second-order valence-electron chi connectivity index (χ2n) is 3.63. The van der Waals surface area contributed by atoms with Crippen LogP contribution in [0, 0.1) is 15.9 Å². The number of carbonyl (C=O) groups is 2. The number of alkyl halides is 1. The smallest absolute Gasteiger partial charge is 0.348 e. The Kier molecular flexibility index (Phi) is 5.09. The molecule has 1 rings (SSSR count). The molecule has 0 radical (unpaired) electrons. The van der Waals surface area contributed by atoms with Gasteiger partial charge in [0, 0.05) is 6.07 Å². The van der Waals surface area contributed by atoms with E-state index < -0.39 is 45.1 Å². The Morgan fingerprint density at radius 2 is 2.10 bits per heavy atom. The Balaban J connectivity index is 3.06. The molecule has 0 aliphatic carbocycles. The van der Waals surface area contributed by atoms with Crippen LogP contribution in [-0.2, 0) is 9.53 Å². The maximum absolute atomic E-state index is 13.3. The lowest BCUT2D eigenvalue weighted by molar-refractivity contribution is -0.387. The molecule has 1 atom stereocenters. The minimum Gasteiger partial charge on any atom is -0.387 e. The van der Waals surface area contributed by atoms with E-state index in [9.17, 15) is 28.5 Å². The normalized spacial score (nSPS) is 11.8. The van der Waals surface area contributed by atoms with Gasteiger partial charge in [0.15, 0.2) is 6.17 Å². The Morgan fingerprint density at radius 1 is 1.50 bits per heavy atom. The van der Waals surface area contributed by atoms with Gasteiger partial charge in [-0.2, -0.15) is 4.39 Å². The fourth-order valence-corrected chi connectivity index (χ4v) is 1.42. The molecule has 0 aliphatic rings. The van der Waals surface area contributed by atoms with Crippen molar-refractivity contribution in [2.24, 2.45) is 0 Å². The van der Waals surface area contributed by atoms with Crippen molar-refractivity contribution >= 4 is 29.2 Å². The standard InChI is InChI=1S/C11H8ClF2NO5/c1-2-7(13)11(17)20-10(16)5-3-6(12)9(14)8(4-5)15(18)19/h3-4,7H,2H2,1H3. The summed E-state index contributed by atoms with van der Waals surface area (Å²) in [5.41, 5.74) is -1.58. The summed E-state index contributed by atoms with van der Waals surface area (Å²) in [6.45, 7) is 1.36. The van der Waals surface area contributed by atoms with Gasteiger partial charge in [-0.15, -0.1) is 0 Å². The largest absolute Gasteiger partial charge is 0.387 e. The lowest BCUT2D eigenvalue weighted by Crippen LogP contribution is -2.22. The first-order valence-electron chi connectivity index (χ1n) is 5.31. The average Bonchev–Trinajstić information content (AvgIpc) is 2.39. The van der Waals surface area contributed by atoms with Crippen molar-refractivity contribution in [3.63, 3.8) is 0 Å². The van der Waals surface area contributed by atoms with Gasteiger partial charge in [-0.25, -0.2) is 14.0 Å². The summed E-state index contributed by atoms with van der Waals surface area (Å²) in [4.78, 5) is 32.0. The van der Waals surface area contributed by atoms with E-state index in [1.165, 1.54) is 6.92 Å². The lowest BCUT2D eigenvalue weighted by atomic mass is 10.2. The van der Waals surface area contributed by atoms with Crippen LogP contribution in [0.4, 0.5) is 14.5 Å². The first-order chi connectivity index (χ1) is 9.27. The van der Waals surface area contributed by atoms with E-state index >= 15 is 0 Å². The van der Waals surface area contributed by atoms with E-state index in [1.54, 1.807) is 0 Å². The van der Waals surface area contributed by atoms with Gasteiger partial charge >= 0.3 is 17.6 Å². The summed E-state index contributed by atoms with van der Waals surface area (Å²) in [6, 6.07) is 1.30. The molecule has 108 valence electrons. The number of hydrogen-bond donors (Lipinski definition) is 0. The second-order valence-corrected chi connectivity index (χ2v) is 4.04. The van der Waals surface area contributed by atoms with Gasteiger partial charge in [0.1, 0.15) is 0 Å². The quantitative estimate of drug-likeness (QED) is 0.369. The fourth-order valence-electron chi connectivity index (χ4n) is 1.21. The Morgan fingerprint density at radius 3 is 2.60 bits per heavy atom. The number of nitro groups is 1. The highest BCUT2D eigenvalue weighted by Crippen LogP contribution is 2.27. The highest BCUT2D eigenvalue weighted by atomic mass is 35.5. The van der Waals surface area contributed by atoms with E-state index in [0.717, 1.165) is 6.07 Å². The maximum Gasteiger partial charge on any atom is 0.348 e. The van der Waals surface area contributed by atoms with E-state index in [2.05, 4.69) is 4.74 Å². The molecule has 6 nitrogen and oxygen atoms in total. The molecule has 0 aromatic heterocycles. The Labute approximate surface area is 116 Å². The second kappa shape index (κ2) is 6.38. The van der Waals surface area contributed by atoms with Crippen LogP contribution >= 0.6 is 11.6 Å². The molecule has 0 heterocycles. The van der Waals surface area contributed by atoms with Crippen LogP contribution in [0.2, 0.25) is 5.02 Å². The fraction of sp³-hybridized carbons (Fsp3) is 0.273. The molecule has 0 fully saturated rings. The molecule has 0 spiro atoms. The molecule has 0 amide bonds. The van der Waals surface area contributed by atoms with Gasteiger partial charge in [0.2, 0.25) is 5.82 Å². The molecule has 1 aromatic rings. The topological polar surface area (TPSA) is 86.5 Å². The van der Waals surface area contributed by atoms with Crippen LogP contribution in [0.3, 0.4) is 0 Å². The van der Waals surface area contributed by atoms with Crippen LogP contribution in [-0.4, -0.2) is 23.0 Å². The molecule has 0 saturated heterocycles. The van der Waals surface area contributed by atoms with Crippen molar-refractivity contribution in [1.82, 2.24) is 0 Å². The molecule has 0 N–H and O–H groups in total. The summed E-state index contributed by atoms with van der Waals surface area (Å²) in [6.07, 6.45) is -2.19. The minimum atomic E-state index is -2.00. The number of carbonyl (C=O) groups excluding carboxylic acids is 2. The summed E-state index contributed by atoms with van der Waals surface area (Å²) in [5.74, 6) is -4.10. The van der Waals surface area contributed by atoms with Crippen LogP contribution in [0.15, 0.2) is 12.1 Å². The number of hydrogen-bond acceptors (Lipinski definition) is 5. The average molecular weight is 308 g/mol. The number of nitro benzene ring substituents is 1. The first kappa shape index (κ1) is 16.0. The van der Waals surface area contributed by atoms with Gasteiger partial charge in [0.05, 0.1) is 15.5 Å². The molecule has 9 heteroatoms. The zero-order valence-corrected chi connectivity index (χ0v) is 10.8. The van der Waals surface area contributed by atoms with Crippen LogP contribution in [0.5, 0.6) is 0 Å². The summed E-state index contributed by atoms with van der Waals surface area (Å²) < 4.78 is 30.4. The Hall–Kier alpha value is -2.09. The van der Waals surface area contributed by atoms with Gasteiger partial charge in [-0.1, -0.05) is 18.5 Å². The van der Waals surface area contributed by atoms with Crippen LogP contribution in [0.25, 0.3) is 0 Å². The third-order valence-corrected chi connectivity index (χ3v) is 2.52. The Bertz CT molecular complexity index is 578. The molecule has 1 aromatic carbocycles. The van der Waals surface area contributed by atoms with Gasteiger partial charge in [-0.05, 0) is 12.5 Å². The van der Waals surface area contributed by atoms with Gasteiger partial charge in [0.25, 0.3) is 0 Å². The molecule has 0 bridgehead atoms. The highest BCUT2D eigenvalue weighted by molar-refractivity contribution is 6.31. The summed E-state index contributed by atoms with van der Waals surface area (Å²) in [7, 11) is 0. The van der Waals surface area contributed by atoms with Crippen molar-refractivity contribution in [3.8, 4) is 0 Å². The summed E-state index contributed by atoms with van der Waals surface area (Å²) in [5, 5.41) is 9.86. The van der Waals surface area contributed by atoms with E-state index in [4.69, 9.17) is 11.6 Å². The predicted octanol–water partition coefficient (Wildman–Crippen LogP) is 2.82. The number of ether oxygens (including phenoxy) is 1. The zero-order valence-electron chi connectivity index (χ0n) is 10.1. The highest BCUT2D eigenvalue weighted by Gasteiger charge is 2.25. The SMILES string of the molecule is CCC(F)C(=O)OC(=O)c1cc(Cl)c(F)c([N+](=O)[O-])c1. The number of rotatable bonds is 4. The van der Waals surface area contributed by atoms with E-state index in [1.807, 2.05) is 0 Å². The van der Waals surface area contributed by atoms with Gasteiger partial charge < -0.3 is 4.74 Å². The molecular weight excluding hydrogens is 300 g/mol. The number of nitrogens with zero attached hydrogens (tertiary/aromatic N) is 1. The third-order valence-electron chi connectivity index (χ3n) is 2.25. The van der Waals surface area contributed by atoms with Crippen molar-refractivity contribution in [1.29, 1.82) is 0 Å². The zero-order chi connectivity index (χ0) is 15.4. The number of benzene rings is 1. The molecule has 0 saturated carbocycles. The van der Waals surface area contributed by atoms with Crippen molar-refractivity contribution in [2.45, 2.75) is 19.5 Å². The van der Waals surface area contributed by atoms with Crippen molar-refractivity contribution in [2.75, 3.05) is 0 Å². The third kappa shape index (κ3) is 3.47. The molecule has 1 unspecified atom stereocenters. The van der Waals surface area contributed by atoms with Crippen molar-refractivity contribution < 1.29 is 28.0 Å². The lowest BCUT2D eigenvalue weighted by Gasteiger charge is -2.06. The monoisotopic (exact) mass is 307 g/mol. The van der Waals surface area contributed by atoms with Crippen molar-refractivity contribution in [3.05, 3.63) is 38.7 Å². The van der Waals surface area contributed by atoms with E-state index in [0.29, 0.717) is 6.07 Å². The minimum absolute atomic E-state index is 0.198. The molecule has 20 heavy (non-hydrogen) atoms. The summed E-state index contributed by atoms with van der Waals surface area (Å²) >= 11 is 5.39. The molecular formula is C11H8ClF2NO5. The van der Waals surface area contributed by atoms with E-state index in [-0.39, 0.29) is 6.42 Å². The maximum atomic E-state index is 13.3. The number of esters is 2. The number of halogens is 3. The predicted molar refractivity (Wildman–Crippen MR) is 63.7 cm³/mol.